The number of hydrogen-bond acceptors (Lipinski definition) is 6. The van der Waals surface area contributed by atoms with E-state index in [1.165, 1.54) is 7.11 Å². The minimum Gasteiger partial charge on any atom is -0.467 e. The number of nitrogens with one attached hydrogen (secondary N) is 3. The summed E-state index contributed by atoms with van der Waals surface area (Å²) in [6.45, 7) is 15.8. The van der Waals surface area contributed by atoms with Crippen LogP contribution < -0.4 is 16.0 Å². The monoisotopic (exact) mass is 536 g/mol. The van der Waals surface area contributed by atoms with Crippen LogP contribution in [0.2, 0.25) is 0 Å². The highest BCUT2D eigenvalue weighted by Gasteiger charge is 2.70. The number of carbonyl (C=O) groups is 4. The number of methoxy groups -OCH3 is 1. The van der Waals surface area contributed by atoms with Gasteiger partial charge in [0, 0.05) is 12.1 Å². The fourth-order valence-corrected chi connectivity index (χ4v) is 6.04. The summed E-state index contributed by atoms with van der Waals surface area (Å²) in [5.74, 6) is -1.05. The van der Waals surface area contributed by atoms with Crippen molar-refractivity contribution >= 4 is 23.8 Å². The Balaban J connectivity index is 1.83. The number of ether oxygens (including phenoxy) is 1. The van der Waals surface area contributed by atoms with Crippen molar-refractivity contribution in [3.63, 3.8) is 0 Å². The van der Waals surface area contributed by atoms with Crippen molar-refractivity contribution < 1.29 is 29.0 Å². The van der Waals surface area contributed by atoms with Gasteiger partial charge in [0.1, 0.15) is 12.1 Å². The molecule has 216 valence electrons. The molecule has 2 aliphatic carbocycles. The maximum Gasteiger partial charge on any atom is 0.336 e. The minimum atomic E-state index is -1.48. The molecule has 2 unspecified atom stereocenters. The molecule has 10 nitrogen and oxygen atoms in total. The van der Waals surface area contributed by atoms with Gasteiger partial charge in [-0.2, -0.15) is 0 Å². The molecule has 0 aromatic carbocycles. The number of fused-ring (bicyclic) bond motifs is 1. The second-order valence-electron chi connectivity index (χ2n) is 14.2. The minimum absolute atomic E-state index is 0.0462. The molecule has 2 saturated carbocycles. The SMILES string of the molecule is COC(=O)C(O)C(CC1CCC1)NC(=O)[C@@H]1[C@@H]2[C@H](CN1C(=O)[C@@H](NC(=O)NC(C)(C)C)C(C)(C)C)C2(C)C. The Kier molecular flexibility index (Phi) is 8.47. The van der Waals surface area contributed by atoms with Gasteiger partial charge in [-0.1, -0.05) is 53.9 Å². The van der Waals surface area contributed by atoms with Gasteiger partial charge in [0.15, 0.2) is 6.10 Å². The quantitative estimate of drug-likeness (QED) is 0.351. The molecular weight excluding hydrogens is 488 g/mol. The van der Waals surface area contributed by atoms with E-state index in [2.05, 4.69) is 29.8 Å². The van der Waals surface area contributed by atoms with Gasteiger partial charge in [0.05, 0.1) is 13.2 Å². The fourth-order valence-electron chi connectivity index (χ4n) is 6.04. The first-order chi connectivity index (χ1) is 17.4. The lowest BCUT2D eigenvalue weighted by Crippen LogP contribution is -2.62. The molecule has 38 heavy (non-hydrogen) atoms. The maximum absolute atomic E-state index is 14.0. The van der Waals surface area contributed by atoms with E-state index in [1.807, 2.05) is 41.5 Å². The van der Waals surface area contributed by atoms with E-state index >= 15 is 0 Å². The number of aliphatic hydroxyl groups is 1. The van der Waals surface area contributed by atoms with Crippen LogP contribution >= 0.6 is 0 Å². The van der Waals surface area contributed by atoms with E-state index in [0.29, 0.717) is 18.9 Å². The average Bonchev–Trinajstić information content (AvgIpc) is 3.08. The van der Waals surface area contributed by atoms with Crippen molar-refractivity contribution in [2.45, 2.75) is 111 Å². The van der Waals surface area contributed by atoms with Gasteiger partial charge in [0.2, 0.25) is 11.8 Å². The molecule has 6 atom stereocenters. The molecule has 1 saturated heterocycles. The molecule has 0 radical (unpaired) electrons. The molecule has 0 bridgehead atoms. The largest absolute Gasteiger partial charge is 0.467 e. The zero-order valence-corrected chi connectivity index (χ0v) is 24.5. The van der Waals surface area contributed by atoms with Crippen LogP contribution in [0.15, 0.2) is 0 Å². The van der Waals surface area contributed by atoms with Crippen molar-refractivity contribution in [2.24, 2.45) is 28.6 Å². The molecule has 0 spiro atoms. The molecule has 4 N–H and O–H groups in total. The van der Waals surface area contributed by atoms with Crippen LogP contribution in [0.4, 0.5) is 4.79 Å². The molecule has 3 rings (SSSR count). The molecular formula is C28H48N4O6. The van der Waals surface area contributed by atoms with E-state index in [-0.39, 0.29) is 29.1 Å². The number of hydrogen-bond donors (Lipinski definition) is 4. The Hall–Kier alpha value is -2.36. The lowest BCUT2D eigenvalue weighted by molar-refractivity contribution is -0.153. The Morgan fingerprint density at radius 1 is 1.05 bits per heavy atom. The van der Waals surface area contributed by atoms with Gasteiger partial charge >= 0.3 is 12.0 Å². The number of amides is 4. The summed E-state index contributed by atoms with van der Waals surface area (Å²) in [6.07, 6.45) is 2.05. The molecule has 0 aromatic rings. The van der Waals surface area contributed by atoms with Crippen LogP contribution in [0.5, 0.6) is 0 Å². The van der Waals surface area contributed by atoms with Gasteiger partial charge in [-0.05, 0) is 55.8 Å². The van der Waals surface area contributed by atoms with Crippen molar-refractivity contribution in [1.82, 2.24) is 20.9 Å². The number of aliphatic hydroxyl groups excluding tert-OH is 1. The average molecular weight is 537 g/mol. The molecule has 10 heteroatoms. The van der Waals surface area contributed by atoms with E-state index in [9.17, 15) is 24.3 Å². The normalized spacial score (nSPS) is 26.8. The van der Waals surface area contributed by atoms with E-state index in [0.717, 1.165) is 19.3 Å². The third-order valence-corrected chi connectivity index (χ3v) is 8.60. The lowest BCUT2D eigenvalue weighted by Gasteiger charge is -2.39. The Morgan fingerprint density at radius 2 is 1.66 bits per heavy atom. The van der Waals surface area contributed by atoms with Crippen molar-refractivity contribution in [3.05, 3.63) is 0 Å². The van der Waals surface area contributed by atoms with Gasteiger partial charge in [-0.25, -0.2) is 9.59 Å². The number of likely N-dealkylation sites (tertiary alicyclic amines) is 1. The number of rotatable bonds is 8. The van der Waals surface area contributed by atoms with Crippen LogP contribution in [0.1, 0.15) is 81.1 Å². The summed E-state index contributed by atoms with van der Waals surface area (Å²) in [4.78, 5) is 54.3. The molecule has 4 amide bonds. The molecule has 3 aliphatic rings. The zero-order chi connectivity index (χ0) is 28.8. The fraction of sp³-hybridized carbons (Fsp3) is 0.857. The highest BCUT2D eigenvalue weighted by atomic mass is 16.5. The summed E-state index contributed by atoms with van der Waals surface area (Å²) < 4.78 is 4.74. The highest BCUT2D eigenvalue weighted by Crippen LogP contribution is 2.65. The first kappa shape index (κ1) is 30.2. The van der Waals surface area contributed by atoms with Gasteiger partial charge in [0.25, 0.3) is 0 Å². The van der Waals surface area contributed by atoms with E-state index < -0.39 is 47.2 Å². The molecule has 3 fully saturated rings. The third-order valence-electron chi connectivity index (χ3n) is 8.60. The first-order valence-electron chi connectivity index (χ1n) is 13.8. The zero-order valence-electron chi connectivity index (χ0n) is 24.5. The Morgan fingerprint density at radius 3 is 2.13 bits per heavy atom. The topological polar surface area (TPSA) is 137 Å². The summed E-state index contributed by atoms with van der Waals surface area (Å²) in [5, 5.41) is 19.3. The predicted molar refractivity (Wildman–Crippen MR) is 143 cm³/mol. The van der Waals surface area contributed by atoms with Gasteiger partial charge < -0.3 is 30.7 Å². The molecule has 1 aliphatic heterocycles. The van der Waals surface area contributed by atoms with Crippen LogP contribution in [0.3, 0.4) is 0 Å². The van der Waals surface area contributed by atoms with Gasteiger partial charge in [-0.15, -0.1) is 0 Å². The molecule has 1 heterocycles. The standard InChI is InChI=1S/C28H48N4O6/c1-26(2,3)21(30-25(37)31-27(4,5)6)23(35)32-14-16-18(28(16,7)8)19(32)22(34)29-17(13-15-11-10-12-15)20(33)24(36)38-9/h15-21,33H,10-14H2,1-9H3,(H,29,34)(H2,30,31,37)/t16-,17?,18-,19-,20?,21+/m0/s1. The lowest BCUT2D eigenvalue weighted by atomic mass is 9.79. The van der Waals surface area contributed by atoms with Crippen LogP contribution in [0.25, 0.3) is 0 Å². The van der Waals surface area contributed by atoms with Crippen molar-refractivity contribution in [2.75, 3.05) is 13.7 Å². The Labute approximate surface area is 227 Å². The first-order valence-corrected chi connectivity index (χ1v) is 13.8. The smallest absolute Gasteiger partial charge is 0.336 e. The third kappa shape index (κ3) is 6.43. The van der Waals surface area contributed by atoms with Crippen LogP contribution in [0, 0.1) is 28.6 Å². The summed E-state index contributed by atoms with van der Waals surface area (Å²) in [5.41, 5.74) is -1.20. The summed E-state index contributed by atoms with van der Waals surface area (Å²) >= 11 is 0. The van der Waals surface area contributed by atoms with E-state index in [4.69, 9.17) is 4.74 Å². The summed E-state index contributed by atoms with van der Waals surface area (Å²) in [6, 6.07) is -2.86. The maximum atomic E-state index is 14.0. The second kappa shape index (κ2) is 10.7. The second-order valence-corrected chi connectivity index (χ2v) is 14.2. The van der Waals surface area contributed by atoms with Crippen molar-refractivity contribution in [3.8, 4) is 0 Å². The number of piperidine rings is 1. The Bertz CT molecular complexity index is 933. The van der Waals surface area contributed by atoms with E-state index in [1.54, 1.807) is 4.90 Å². The highest BCUT2D eigenvalue weighted by molar-refractivity contribution is 5.94. The number of urea groups is 1. The van der Waals surface area contributed by atoms with Crippen LogP contribution in [-0.2, 0) is 19.1 Å². The number of esters is 1. The van der Waals surface area contributed by atoms with Gasteiger partial charge in [-0.3, -0.25) is 9.59 Å². The summed E-state index contributed by atoms with van der Waals surface area (Å²) in [7, 11) is 1.21. The number of carbonyl (C=O) groups excluding carboxylic acids is 4. The predicted octanol–water partition coefficient (Wildman–Crippen LogP) is 2.19. The molecule has 0 aromatic heterocycles. The number of nitrogens with zero attached hydrogens (tertiary/aromatic N) is 1. The van der Waals surface area contributed by atoms with Crippen molar-refractivity contribution in [1.29, 1.82) is 0 Å². The van der Waals surface area contributed by atoms with Crippen LogP contribution in [-0.4, -0.2) is 77.2 Å².